The number of aromatic nitrogens is 2. The molecule has 37 heavy (non-hydrogen) atoms. The fourth-order valence-corrected chi connectivity index (χ4v) is 5.95. The molecule has 0 aliphatic rings. The number of aryl methyl sites for hydroxylation is 2. The Morgan fingerprint density at radius 3 is 2.38 bits per heavy atom. The number of thiophene rings is 1. The van der Waals surface area contributed by atoms with Crippen LogP contribution in [0.1, 0.15) is 39.1 Å². The summed E-state index contributed by atoms with van der Waals surface area (Å²) < 4.78 is 7.22. The van der Waals surface area contributed by atoms with Crippen LogP contribution in [0.3, 0.4) is 0 Å². The minimum absolute atomic E-state index is 0.275. The van der Waals surface area contributed by atoms with Crippen molar-refractivity contribution in [1.29, 1.82) is 0 Å². The molecular formula is C27H26Cl2N4O2S2. The third kappa shape index (κ3) is 5.83. The summed E-state index contributed by atoms with van der Waals surface area (Å²) in [5.41, 5.74) is 5.46. The van der Waals surface area contributed by atoms with Crippen LogP contribution in [0.25, 0.3) is 11.1 Å². The lowest BCUT2D eigenvalue weighted by atomic mass is 10.0. The number of hydrogen-bond donors (Lipinski definition) is 2. The van der Waals surface area contributed by atoms with E-state index in [0.717, 1.165) is 38.6 Å². The number of esters is 1. The first-order valence-corrected chi connectivity index (χ1v) is 13.6. The van der Waals surface area contributed by atoms with Crippen LogP contribution in [-0.4, -0.2) is 27.5 Å². The molecule has 0 saturated carbocycles. The van der Waals surface area contributed by atoms with Crippen LogP contribution in [0, 0.1) is 20.8 Å². The van der Waals surface area contributed by atoms with E-state index in [1.807, 2.05) is 61.9 Å². The van der Waals surface area contributed by atoms with Gasteiger partial charge in [0.15, 0.2) is 5.11 Å². The van der Waals surface area contributed by atoms with Crippen molar-refractivity contribution < 1.29 is 9.53 Å². The van der Waals surface area contributed by atoms with Crippen molar-refractivity contribution in [2.45, 2.75) is 34.2 Å². The Morgan fingerprint density at radius 2 is 1.73 bits per heavy atom. The number of carbonyl (C=O) groups is 1. The highest BCUT2D eigenvalue weighted by atomic mass is 35.5. The summed E-state index contributed by atoms with van der Waals surface area (Å²) in [5, 5.41) is 13.3. The molecule has 0 spiro atoms. The highest BCUT2D eigenvalue weighted by Crippen LogP contribution is 2.40. The Hall–Kier alpha value is -2.91. The van der Waals surface area contributed by atoms with E-state index in [2.05, 4.69) is 15.7 Å². The zero-order chi connectivity index (χ0) is 26.7. The maximum absolute atomic E-state index is 13.0. The van der Waals surface area contributed by atoms with E-state index in [9.17, 15) is 4.79 Å². The molecule has 0 unspecified atom stereocenters. The lowest BCUT2D eigenvalue weighted by Crippen LogP contribution is -2.21. The average Bonchev–Trinajstić information content (AvgIpc) is 3.32. The van der Waals surface area contributed by atoms with E-state index >= 15 is 0 Å². The van der Waals surface area contributed by atoms with Crippen molar-refractivity contribution in [3.8, 4) is 11.1 Å². The number of nitrogens with one attached hydrogen (secondary N) is 2. The van der Waals surface area contributed by atoms with Crippen molar-refractivity contribution in [1.82, 2.24) is 9.78 Å². The van der Waals surface area contributed by atoms with Gasteiger partial charge in [0.25, 0.3) is 0 Å². The van der Waals surface area contributed by atoms with Gasteiger partial charge >= 0.3 is 5.97 Å². The Labute approximate surface area is 235 Å². The molecule has 0 saturated heterocycles. The summed E-state index contributed by atoms with van der Waals surface area (Å²) in [7, 11) is 0. The van der Waals surface area contributed by atoms with Gasteiger partial charge in [-0.05, 0) is 57.6 Å². The normalized spacial score (nSPS) is 10.9. The van der Waals surface area contributed by atoms with Gasteiger partial charge in [0.05, 0.1) is 30.2 Å². The highest BCUT2D eigenvalue weighted by molar-refractivity contribution is 7.80. The van der Waals surface area contributed by atoms with Gasteiger partial charge < -0.3 is 15.4 Å². The van der Waals surface area contributed by atoms with Gasteiger partial charge in [0.2, 0.25) is 0 Å². The minimum Gasteiger partial charge on any atom is -0.462 e. The maximum Gasteiger partial charge on any atom is 0.341 e. The molecule has 2 heterocycles. The molecule has 6 nitrogen and oxygen atoms in total. The quantitative estimate of drug-likeness (QED) is 0.173. The van der Waals surface area contributed by atoms with Gasteiger partial charge in [0, 0.05) is 26.0 Å². The number of halogens is 2. The van der Waals surface area contributed by atoms with Crippen LogP contribution in [0.2, 0.25) is 10.0 Å². The molecule has 0 amide bonds. The molecule has 4 rings (SSSR count). The standard InChI is InChI=1S/C27H26Cl2N4O2S2/c1-5-35-26(34)23-22(18-10-7-6-8-11-18)17(4)37-25(23)31-27(36)30-24-15(2)32-33(16(24)3)14-19-20(28)12-9-13-21(19)29/h6-13H,5,14H2,1-4H3,(H2,30,31,36). The SMILES string of the molecule is CCOC(=O)c1c(NC(=S)Nc2c(C)nn(Cc3c(Cl)cccc3Cl)c2C)sc(C)c1-c1ccccc1. The lowest BCUT2D eigenvalue weighted by Gasteiger charge is -2.13. The van der Waals surface area contributed by atoms with Gasteiger partial charge in [-0.1, -0.05) is 59.6 Å². The zero-order valence-corrected chi connectivity index (χ0v) is 24.0. The van der Waals surface area contributed by atoms with Crippen LogP contribution >= 0.6 is 46.8 Å². The fraction of sp³-hybridized carbons (Fsp3) is 0.222. The number of rotatable bonds is 7. The second-order valence-corrected chi connectivity index (χ2v) is 10.8. The topological polar surface area (TPSA) is 68.2 Å². The molecule has 0 aliphatic heterocycles. The van der Waals surface area contributed by atoms with Crippen LogP contribution in [0.5, 0.6) is 0 Å². The van der Waals surface area contributed by atoms with Crippen molar-refractivity contribution in [2.24, 2.45) is 0 Å². The third-order valence-electron chi connectivity index (χ3n) is 5.84. The maximum atomic E-state index is 13.0. The molecule has 2 aromatic carbocycles. The molecule has 2 N–H and O–H groups in total. The molecule has 0 atom stereocenters. The van der Waals surface area contributed by atoms with Gasteiger partial charge in [-0.2, -0.15) is 5.10 Å². The first-order chi connectivity index (χ1) is 17.7. The number of anilines is 2. The van der Waals surface area contributed by atoms with E-state index in [0.29, 0.717) is 32.3 Å². The second-order valence-electron chi connectivity index (χ2n) is 8.31. The summed E-state index contributed by atoms with van der Waals surface area (Å²) in [6.07, 6.45) is 0. The lowest BCUT2D eigenvalue weighted by molar-refractivity contribution is 0.0529. The molecule has 4 aromatic rings. The fourth-order valence-electron chi connectivity index (χ4n) is 4.10. The molecular weight excluding hydrogens is 547 g/mol. The number of nitrogens with zero attached hydrogens (tertiary/aromatic N) is 2. The molecule has 0 radical (unpaired) electrons. The zero-order valence-electron chi connectivity index (χ0n) is 20.8. The van der Waals surface area contributed by atoms with Crippen molar-refractivity contribution in [3.05, 3.63) is 86.0 Å². The first kappa shape index (κ1) is 27.1. The molecule has 0 fully saturated rings. The predicted octanol–water partition coefficient (Wildman–Crippen LogP) is 7.88. The van der Waals surface area contributed by atoms with Gasteiger partial charge in [-0.15, -0.1) is 11.3 Å². The van der Waals surface area contributed by atoms with Crippen LogP contribution in [-0.2, 0) is 11.3 Å². The molecule has 2 aromatic heterocycles. The smallest absolute Gasteiger partial charge is 0.341 e. The molecule has 192 valence electrons. The van der Waals surface area contributed by atoms with Crippen LogP contribution in [0.4, 0.5) is 10.7 Å². The molecule has 10 heteroatoms. The second kappa shape index (κ2) is 11.6. The average molecular weight is 574 g/mol. The van der Waals surface area contributed by atoms with Crippen LogP contribution < -0.4 is 10.6 Å². The minimum atomic E-state index is -0.396. The first-order valence-electron chi connectivity index (χ1n) is 11.6. The van der Waals surface area contributed by atoms with Gasteiger partial charge in [-0.3, -0.25) is 4.68 Å². The Kier molecular flexibility index (Phi) is 8.54. The van der Waals surface area contributed by atoms with E-state index in [-0.39, 0.29) is 6.61 Å². The summed E-state index contributed by atoms with van der Waals surface area (Å²) in [4.78, 5) is 14.0. The van der Waals surface area contributed by atoms with E-state index in [4.69, 9.17) is 40.2 Å². The predicted molar refractivity (Wildman–Crippen MR) is 158 cm³/mol. The Bertz CT molecular complexity index is 1440. The molecule has 0 aliphatic carbocycles. The van der Waals surface area contributed by atoms with E-state index < -0.39 is 5.97 Å². The monoisotopic (exact) mass is 572 g/mol. The number of carbonyl (C=O) groups excluding carboxylic acids is 1. The molecule has 0 bridgehead atoms. The van der Waals surface area contributed by atoms with Crippen molar-refractivity contribution in [2.75, 3.05) is 17.2 Å². The summed E-state index contributed by atoms with van der Waals surface area (Å²) in [6, 6.07) is 15.2. The van der Waals surface area contributed by atoms with Gasteiger partial charge in [0.1, 0.15) is 10.6 Å². The number of thiocarbonyl (C=S) groups is 1. The van der Waals surface area contributed by atoms with E-state index in [1.54, 1.807) is 19.1 Å². The Balaban J connectivity index is 1.61. The summed E-state index contributed by atoms with van der Waals surface area (Å²) in [6.45, 7) is 8.31. The number of ether oxygens (including phenoxy) is 1. The number of hydrogen-bond acceptors (Lipinski definition) is 5. The number of benzene rings is 2. The third-order valence-corrected chi connectivity index (χ3v) is 7.78. The van der Waals surface area contributed by atoms with Crippen LogP contribution in [0.15, 0.2) is 48.5 Å². The largest absolute Gasteiger partial charge is 0.462 e. The van der Waals surface area contributed by atoms with Gasteiger partial charge in [-0.25, -0.2) is 4.79 Å². The van der Waals surface area contributed by atoms with Crippen molar-refractivity contribution in [3.63, 3.8) is 0 Å². The Morgan fingerprint density at radius 1 is 1.05 bits per heavy atom. The van der Waals surface area contributed by atoms with Crippen molar-refractivity contribution >= 4 is 68.5 Å². The highest BCUT2D eigenvalue weighted by Gasteiger charge is 2.25. The summed E-state index contributed by atoms with van der Waals surface area (Å²) in [5.74, 6) is -0.396. The van der Waals surface area contributed by atoms with E-state index in [1.165, 1.54) is 11.3 Å². The summed E-state index contributed by atoms with van der Waals surface area (Å²) >= 11 is 19.8.